The lowest BCUT2D eigenvalue weighted by Crippen LogP contribution is -2.28. The van der Waals surface area contributed by atoms with Crippen LogP contribution in [0.25, 0.3) is 0 Å². The van der Waals surface area contributed by atoms with Crippen LogP contribution in [0, 0.1) is 5.92 Å². The molecule has 3 aromatic carbocycles. The summed E-state index contributed by atoms with van der Waals surface area (Å²) >= 11 is 1.92. The Kier molecular flexibility index (Phi) is 5.54. The van der Waals surface area contributed by atoms with Crippen molar-refractivity contribution in [3.63, 3.8) is 0 Å². The van der Waals surface area contributed by atoms with Crippen molar-refractivity contribution < 1.29 is 9.90 Å². The number of hydrogen-bond donors (Lipinski definition) is 1. The summed E-state index contributed by atoms with van der Waals surface area (Å²) in [5.74, 6) is -0.884. The molecule has 0 aliphatic heterocycles. The Morgan fingerprint density at radius 1 is 0.750 bits per heavy atom. The molecule has 0 aromatic heterocycles. The second-order valence-electron chi connectivity index (χ2n) is 7.37. The molecule has 0 bridgehead atoms. The van der Waals surface area contributed by atoms with E-state index in [0.717, 1.165) is 19.3 Å². The summed E-state index contributed by atoms with van der Waals surface area (Å²) in [7, 11) is 0. The summed E-state index contributed by atoms with van der Waals surface area (Å²) < 4.78 is -0.359. The van der Waals surface area contributed by atoms with E-state index in [1.54, 1.807) is 0 Å². The number of carboxylic acid groups (broad SMARTS) is 1. The van der Waals surface area contributed by atoms with Gasteiger partial charge in [-0.05, 0) is 36.0 Å². The van der Waals surface area contributed by atoms with Crippen LogP contribution >= 0.6 is 11.8 Å². The van der Waals surface area contributed by atoms with Gasteiger partial charge in [0.15, 0.2) is 0 Å². The molecule has 1 aliphatic rings. The molecule has 0 heterocycles. The monoisotopic (exact) mass is 388 g/mol. The van der Waals surface area contributed by atoms with Crippen molar-refractivity contribution >= 4 is 17.7 Å². The lowest BCUT2D eigenvalue weighted by Gasteiger charge is -2.37. The summed E-state index contributed by atoms with van der Waals surface area (Å²) in [5, 5.41) is 9.78. The molecular formula is C25H24O2S. The number of benzene rings is 3. The second-order valence-corrected chi connectivity index (χ2v) is 8.88. The smallest absolute Gasteiger partial charge is 0.306 e. The van der Waals surface area contributed by atoms with E-state index in [9.17, 15) is 9.90 Å². The van der Waals surface area contributed by atoms with Crippen molar-refractivity contribution in [1.29, 1.82) is 0 Å². The zero-order chi connectivity index (χ0) is 19.4. The van der Waals surface area contributed by atoms with Gasteiger partial charge in [-0.1, -0.05) is 91.0 Å². The van der Waals surface area contributed by atoms with Crippen LogP contribution < -0.4 is 0 Å². The molecule has 2 atom stereocenters. The number of carboxylic acids is 1. The van der Waals surface area contributed by atoms with Gasteiger partial charge in [-0.25, -0.2) is 0 Å². The van der Waals surface area contributed by atoms with Gasteiger partial charge in [0, 0.05) is 5.25 Å². The molecule has 142 valence electrons. The Labute approximate surface area is 170 Å². The molecule has 1 N–H and O–H groups in total. The molecule has 1 aliphatic carbocycles. The van der Waals surface area contributed by atoms with Crippen LogP contribution in [0.2, 0.25) is 0 Å². The van der Waals surface area contributed by atoms with Crippen molar-refractivity contribution in [3.8, 4) is 0 Å². The minimum Gasteiger partial charge on any atom is -0.481 e. The number of aliphatic carboxylic acids is 1. The molecule has 28 heavy (non-hydrogen) atoms. The third kappa shape index (κ3) is 3.59. The lowest BCUT2D eigenvalue weighted by atomic mass is 9.84. The van der Waals surface area contributed by atoms with Crippen molar-refractivity contribution in [3.05, 3.63) is 108 Å². The quantitative estimate of drug-likeness (QED) is 0.529. The van der Waals surface area contributed by atoms with Gasteiger partial charge >= 0.3 is 5.97 Å². The summed E-state index contributed by atoms with van der Waals surface area (Å²) in [6.07, 6.45) is 2.44. The first kappa shape index (κ1) is 18.8. The molecule has 1 fully saturated rings. The molecule has 0 amide bonds. The molecule has 0 spiro atoms. The normalized spacial score (nSPS) is 19.4. The third-order valence-corrected chi connectivity index (χ3v) is 7.44. The molecule has 3 aromatic rings. The standard InChI is InChI=1S/C25H24O2S/c26-24(27)19-16-17-23(18-19)28-25(20-10-4-1-5-11-20,21-12-6-2-7-13-21)22-14-8-3-9-15-22/h1-15,19,23H,16-18H2,(H,26,27)/t19-,23+/m0/s1. The first-order valence-electron chi connectivity index (χ1n) is 9.77. The van der Waals surface area contributed by atoms with Crippen LogP contribution in [0.15, 0.2) is 91.0 Å². The fourth-order valence-electron chi connectivity index (χ4n) is 4.24. The van der Waals surface area contributed by atoms with Gasteiger partial charge in [-0.2, -0.15) is 0 Å². The minimum atomic E-state index is -0.659. The maximum absolute atomic E-state index is 11.5. The van der Waals surface area contributed by atoms with E-state index in [-0.39, 0.29) is 10.7 Å². The van der Waals surface area contributed by atoms with E-state index < -0.39 is 5.97 Å². The SMILES string of the molecule is O=C(O)[C@H]1CC[C@@H](SC(c2ccccc2)(c2ccccc2)c2ccccc2)C1. The van der Waals surface area contributed by atoms with Gasteiger partial charge in [0.05, 0.1) is 10.7 Å². The van der Waals surface area contributed by atoms with E-state index >= 15 is 0 Å². The molecular weight excluding hydrogens is 364 g/mol. The van der Waals surface area contributed by atoms with E-state index in [0.29, 0.717) is 5.25 Å². The van der Waals surface area contributed by atoms with Gasteiger partial charge in [0.2, 0.25) is 0 Å². The van der Waals surface area contributed by atoms with Gasteiger partial charge < -0.3 is 5.11 Å². The molecule has 3 heteroatoms. The number of rotatable bonds is 6. The Hall–Kier alpha value is -2.52. The fraction of sp³-hybridized carbons (Fsp3) is 0.240. The molecule has 0 saturated heterocycles. The predicted molar refractivity (Wildman–Crippen MR) is 116 cm³/mol. The highest BCUT2D eigenvalue weighted by Crippen LogP contribution is 2.53. The third-order valence-electron chi connectivity index (χ3n) is 5.62. The number of hydrogen-bond acceptors (Lipinski definition) is 2. The zero-order valence-corrected chi connectivity index (χ0v) is 16.5. The summed E-state index contributed by atoms with van der Waals surface area (Å²) in [6.45, 7) is 0. The first-order valence-corrected chi connectivity index (χ1v) is 10.7. The van der Waals surface area contributed by atoms with Crippen molar-refractivity contribution in [2.75, 3.05) is 0 Å². The predicted octanol–water partition coefficient (Wildman–Crippen LogP) is 5.97. The number of thioether (sulfide) groups is 1. The highest BCUT2D eigenvalue weighted by molar-refractivity contribution is 8.01. The van der Waals surface area contributed by atoms with Crippen LogP contribution in [0.1, 0.15) is 36.0 Å². The van der Waals surface area contributed by atoms with Crippen molar-refractivity contribution in [2.24, 2.45) is 5.92 Å². The summed E-state index contributed by atoms with van der Waals surface area (Å²) in [5.41, 5.74) is 3.70. The Bertz CT molecular complexity index is 812. The highest BCUT2D eigenvalue weighted by atomic mass is 32.2. The van der Waals surface area contributed by atoms with Crippen LogP contribution in [0.4, 0.5) is 0 Å². The zero-order valence-electron chi connectivity index (χ0n) is 15.7. The van der Waals surface area contributed by atoms with Gasteiger partial charge in [-0.15, -0.1) is 11.8 Å². The van der Waals surface area contributed by atoms with Crippen molar-refractivity contribution in [1.82, 2.24) is 0 Å². The minimum absolute atomic E-state index is 0.225. The maximum Gasteiger partial charge on any atom is 0.306 e. The van der Waals surface area contributed by atoms with Crippen LogP contribution in [0.3, 0.4) is 0 Å². The van der Waals surface area contributed by atoms with Crippen LogP contribution in [-0.2, 0) is 9.54 Å². The fourth-order valence-corrected chi connectivity index (χ4v) is 6.14. The van der Waals surface area contributed by atoms with E-state index in [4.69, 9.17) is 0 Å². The average Bonchev–Trinajstić information content (AvgIpc) is 3.23. The highest BCUT2D eigenvalue weighted by Gasteiger charge is 2.42. The molecule has 2 nitrogen and oxygen atoms in total. The van der Waals surface area contributed by atoms with Gasteiger partial charge in [-0.3, -0.25) is 4.79 Å². The molecule has 0 radical (unpaired) electrons. The van der Waals surface area contributed by atoms with Gasteiger partial charge in [0.25, 0.3) is 0 Å². The van der Waals surface area contributed by atoms with Crippen LogP contribution in [-0.4, -0.2) is 16.3 Å². The number of carbonyl (C=O) groups is 1. The van der Waals surface area contributed by atoms with Crippen LogP contribution in [0.5, 0.6) is 0 Å². The molecule has 4 rings (SSSR count). The summed E-state index contributed by atoms with van der Waals surface area (Å²) in [6, 6.07) is 31.8. The topological polar surface area (TPSA) is 37.3 Å². The average molecular weight is 389 g/mol. The maximum atomic E-state index is 11.5. The Balaban J connectivity index is 1.85. The van der Waals surface area contributed by atoms with E-state index in [1.807, 2.05) is 30.0 Å². The largest absolute Gasteiger partial charge is 0.481 e. The molecule has 1 saturated carbocycles. The Morgan fingerprint density at radius 3 is 1.54 bits per heavy atom. The lowest BCUT2D eigenvalue weighted by molar-refractivity contribution is -0.141. The molecule has 0 unspecified atom stereocenters. The van der Waals surface area contributed by atoms with Crippen molar-refractivity contribution in [2.45, 2.75) is 29.3 Å². The van der Waals surface area contributed by atoms with E-state index in [1.165, 1.54) is 16.7 Å². The summed E-state index contributed by atoms with van der Waals surface area (Å²) in [4.78, 5) is 11.5. The first-order chi connectivity index (χ1) is 13.7. The van der Waals surface area contributed by atoms with E-state index in [2.05, 4.69) is 72.8 Å². The second kappa shape index (κ2) is 8.24. The Morgan fingerprint density at radius 2 is 1.18 bits per heavy atom. The van der Waals surface area contributed by atoms with Gasteiger partial charge in [0.1, 0.15) is 0 Å².